The molecule has 0 N–H and O–H groups in total. The highest BCUT2D eigenvalue weighted by molar-refractivity contribution is 7.87. The SMILES string of the molecule is CC(=O)OC1(C(Cl)S(=O)c2ccc(C)cc2)CCCCCCCCCCCCCC1. The second-order valence-corrected chi connectivity index (χ2v) is 11.1. The van der Waals surface area contributed by atoms with E-state index in [4.69, 9.17) is 16.3 Å². The molecule has 5 heteroatoms. The van der Waals surface area contributed by atoms with Crippen LogP contribution in [0.15, 0.2) is 29.2 Å². The van der Waals surface area contributed by atoms with E-state index in [0.29, 0.717) is 17.7 Å². The van der Waals surface area contributed by atoms with Crippen molar-refractivity contribution in [3.63, 3.8) is 0 Å². The van der Waals surface area contributed by atoms with Crippen LogP contribution in [0.2, 0.25) is 0 Å². The van der Waals surface area contributed by atoms with Gasteiger partial charge in [0.25, 0.3) is 0 Å². The molecule has 3 nitrogen and oxygen atoms in total. The molecule has 30 heavy (non-hydrogen) atoms. The molecule has 1 aliphatic carbocycles. The summed E-state index contributed by atoms with van der Waals surface area (Å²) >= 11 is 6.89. The van der Waals surface area contributed by atoms with Gasteiger partial charge in [0, 0.05) is 11.8 Å². The maximum atomic E-state index is 13.4. The topological polar surface area (TPSA) is 43.4 Å². The standard InChI is InChI=1S/C25H39ClO3S/c1-21-15-17-23(18-16-21)30(28)24(26)25(29-22(2)27)19-13-11-9-7-5-3-4-6-8-10-12-14-20-25/h15-18,24H,3-14,19-20H2,1-2H3. The van der Waals surface area contributed by atoms with Crippen molar-refractivity contribution in [2.75, 3.05) is 0 Å². The van der Waals surface area contributed by atoms with Gasteiger partial charge in [0.1, 0.15) is 5.60 Å². The van der Waals surface area contributed by atoms with Crippen molar-refractivity contribution >= 4 is 28.4 Å². The third kappa shape index (κ3) is 8.34. The summed E-state index contributed by atoms with van der Waals surface area (Å²) in [5.41, 5.74) is 0.244. The summed E-state index contributed by atoms with van der Waals surface area (Å²) < 4.78 is 18.5. The molecule has 2 unspecified atom stereocenters. The van der Waals surface area contributed by atoms with Crippen molar-refractivity contribution in [1.82, 2.24) is 0 Å². The first kappa shape index (κ1) is 25.4. The molecule has 0 heterocycles. The van der Waals surface area contributed by atoms with Gasteiger partial charge in [-0.2, -0.15) is 0 Å². The van der Waals surface area contributed by atoms with Gasteiger partial charge in [-0.3, -0.25) is 9.00 Å². The van der Waals surface area contributed by atoms with Gasteiger partial charge in [0.05, 0.1) is 10.8 Å². The van der Waals surface area contributed by atoms with Crippen LogP contribution in [0.4, 0.5) is 0 Å². The molecule has 170 valence electrons. The fraction of sp³-hybridized carbons (Fsp3) is 0.720. The van der Waals surface area contributed by atoms with Crippen LogP contribution in [0.5, 0.6) is 0 Å². The first-order chi connectivity index (χ1) is 14.4. The molecule has 0 radical (unpaired) electrons. The molecule has 0 amide bonds. The molecule has 1 aromatic rings. The predicted molar refractivity (Wildman–Crippen MR) is 126 cm³/mol. The number of hydrogen-bond donors (Lipinski definition) is 0. The second kappa shape index (κ2) is 13.5. The molecule has 1 aliphatic rings. The van der Waals surface area contributed by atoms with Crippen LogP contribution in [0.1, 0.15) is 102 Å². The average molecular weight is 455 g/mol. The van der Waals surface area contributed by atoms with Gasteiger partial charge in [-0.25, -0.2) is 0 Å². The van der Waals surface area contributed by atoms with Gasteiger partial charge in [-0.15, -0.1) is 11.6 Å². The van der Waals surface area contributed by atoms with E-state index in [1.54, 1.807) is 0 Å². The zero-order chi connectivity index (χ0) is 21.8. The van der Waals surface area contributed by atoms with E-state index in [0.717, 1.165) is 31.2 Å². The summed E-state index contributed by atoms with van der Waals surface area (Å²) in [5, 5.41) is 0. The van der Waals surface area contributed by atoms with Crippen LogP contribution >= 0.6 is 11.6 Å². The van der Waals surface area contributed by atoms with Crippen molar-refractivity contribution < 1.29 is 13.7 Å². The van der Waals surface area contributed by atoms with Gasteiger partial charge in [-0.1, -0.05) is 81.9 Å². The van der Waals surface area contributed by atoms with E-state index >= 15 is 0 Å². The van der Waals surface area contributed by atoms with E-state index in [-0.39, 0.29) is 5.97 Å². The molecular formula is C25H39ClO3S. The minimum Gasteiger partial charge on any atom is -0.457 e. The maximum absolute atomic E-state index is 13.4. The lowest BCUT2D eigenvalue weighted by molar-refractivity contribution is -0.157. The summed E-state index contributed by atoms with van der Waals surface area (Å²) in [4.78, 5) is 12.8. The zero-order valence-corrected chi connectivity index (χ0v) is 20.4. The van der Waals surface area contributed by atoms with Crippen LogP contribution in [0.3, 0.4) is 0 Å². The number of alkyl halides is 1. The Morgan fingerprint density at radius 3 is 1.67 bits per heavy atom. The minimum absolute atomic E-state index is 0.334. The van der Waals surface area contributed by atoms with E-state index in [1.807, 2.05) is 31.2 Å². The van der Waals surface area contributed by atoms with Gasteiger partial charge >= 0.3 is 5.97 Å². The quantitative estimate of drug-likeness (QED) is 0.350. The van der Waals surface area contributed by atoms with Gasteiger partial charge in [0.15, 0.2) is 4.71 Å². The monoisotopic (exact) mass is 454 g/mol. The molecule has 0 bridgehead atoms. The predicted octanol–water partition coefficient (Wildman–Crippen LogP) is 7.44. The van der Waals surface area contributed by atoms with E-state index in [2.05, 4.69) is 0 Å². The number of carbonyl (C=O) groups excluding carboxylic acids is 1. The van der Waals surface area contributed by atoms with Crippen molar-refractivity contribution in [3.05, 3.63) is 29.8 Å². The normalized spacial score (nSPS) is 21.6. The molecule has 0 aliphatic heterocycles. The maximum Gasteiger partial charge on any atom is 0.303 e. The van der Waals surface area contributed by atoms with E-state index < -0.39 is 21.1 Å². The van der Waals surface area contributed by atoms with Crippen LogP contribution in [-0.2, 0) is 20.3 Å². The number of benzene rings is 1. The molecule has 0 saturated heterocycles. The van der Waals surface area contributed by atoms with Gasteiger partial charge in [-0.05, 0) is 44.7 Å². The molecule has 1 aromatic carbocycles. The molecule has 0 spiro atoms. The number of ether oxygens (including phenoxy) is 1. The highest BCUT2D eigenvalue weighted by Gasteiger charge is 2.44. The number of aryl methyl sites for hydroxylation is 1. The van der Waals surface area contributed by atoms with Crippen LogP contribution in [0, 0.1) is 6.92 Å². The smallest absolute Gasteiger partial charge is 0.303 e. The Bertz CT molecular complexity index is 643. The molecule has 1 fully saturated rings. The molecular weight excluding hydrogens is 416 g/mol. The highest BCUT2D eigenvalue weighted by Crippen LogP contribution is 2.37. The average Bonchev–Trinajstić information content (AvgIpc) is 2.73. The first-order valence-electron chi connectivity index (χ1n) is 11.8. The number of halogens is 1. The summed E-state index contributed by atoms with van der Waals surface area (Å²) in [5.74, 6) is -0.334. The summed E-state index contributed by atoms with van der Waals surface area (Å²) in [6.07, 6.45) is 15.7. The Morgan fingerprint density at radius 2 is 1.27 bits per heavy atom. The minimum atomic E-state index is -1.44. The first-order valence-corrected chi connectivity index (χ1v) is 13.4. The summed E-state index contributed by atoms with van der Waals surface area (Å²) in [6.45, 7) is 3.45. The van der Waals surface area contributed by atoms with Crippen LogP contribution < -0.4 is 0 Å². The zero-order valence-electron chi connectivity index (χ0n) is 18.8. The Balaban J connectivity index is 2.20. The molecule has 1 saturated carbocycles. The van der Waals surface area contributed by atoms with Gasteiger partial charge in [0.2, 0.25) is 0 Å². The van der Waals surface area contributed by atoms with Crippen molar-refractivity contribution in [2.24, 2.45) is 0 Å². The highest BCUT2D eigenvalue weighted by atomic mass is 35.5. The largest absolute Gasteiger partial charge is 0.457 e. The lowest BCUT2D eigenvalue weighted by Gasteiger charge is -2.37. The number of rotatable bonds is 4. The lowest BCUT2D eigenvalue weighted by Crippen LogP contribution is -2.45. The Morgan fingerprint density at radius 1 is 0.867 bits per heavy atom. The van der Waals surface area contributed by atoms with Crippen molar-refractivity contribution in [3.8, 4) is 0 Å². The lowest BCUT2D eigenvalue weighted by atomic mass is 9.90. The fourth-order valence-electron chi connectivity index (χ4n) is 4.39. The van der Waals surface area contributed by atoms with E-state index in [9.17, 15) is 9.00 Å². The van der Waals surface area contributed by atoms with Gasteiger partial charge < -0.3 is 4.74 Å². The third-order valence-electron chi connectivity index (χ3n) is 6.15. The van der Waals surface area contributed by atoms with Crippen molar-refractivity contribution in [2.45, 2.75) is 119 Å². The van der Waals surface area contributed by atoms with Crippen LogP contribution in [0.25, 0.3) is 0 Å². The Hall–Kier alpha value is -0.870. The van der Waals surface area contributed by atoms with E-state index in [1.165, 1.54) is 58.3 Å². The molecule has 0 aromatic heterocycles. The molecule has 2 atom stereocenters. The fourth-order valence-corrected chi connectivity index (χ4v) is 6.28. The third-order valence-corrected chi connectivity index (χ3v) is 8.58. The number of esters is 1. The number of hydrogen-bond acceptors (Lipinski definition) is 3. The number of carbonyl (C=O) groups is 1. The Labute approximate surface area is 190 Å². The molecule has 2 rings (SSSR count). The summed E-state index contributed by atoms with van der Waals surface area (Å²) in [7, 11) is -1.44. The van der Waals surface area contributed by atoms with Crippen molar-refractivity contribution in [1.29, 1.82) is 0 Å². The summed E-state index contributed by atoms with van der Waals surface area (Å²) in [6, 6.07) is 7.64. The van der Waals surface area contributed by atoms with Crippen LogP contribution in [-0.4, -0.2) is 20.5 Å². The second-order valence-electron chi connectivity index (χ2n) is 8.83. The Kier molecular flexibility index (Phi) is 11.4.